The lowest BCUT2D eigenvalue weighted by Crippen LogP contribution is -2.27. The fourth-order valence-electron chi connectivity index (χ4n) is 9.26. The van der Waals surface area contributed by atoms with E-state index < -0.39 is 0 Å². The zero-order valence-corrected chi connectivity index (χ0v) is 32.2. The Hall–Kier alpha value is -6.40. The van der Waals surface area contributed by atoms with Gasteiger partial charge >= 0.3 is 0 Å². The van der Waals surface area contributed by atoms with Crippen molar-refractivity contribution in [2.45, 2.75) is 19.4 Å². The lowest BCUT2D eigenvalue weighted by Gasteiger charge is -2.35. The van der Waals surface area contributed by atoms with E-state index in [9.17, 15) is 0 Å². The number of fused-ring (bicyclic) bond motifs is 10. The minimum absolute atomic E-state index is 0.0864. The fraction of sp³-hybridized carbons (Fsp3) is 0.0588. The van der Waals surface area contributed by atoms with E-state index in [1.807, 2.05) is 11.3 Å². The molecule has 0 radical (unpaired) electrons. The highest BCUT2D eigenvalue weighted by atomic mass is 32.1. The van der Waals surface area contributed by atoms with Crippen LogP contribution in [0.15, 0.2) is 169 Å². The van der Waals surface area contributed by atoms with E-state index in [-0.39, 0.29) is 6.04 Å². The van der Waals surface area contributed by atoms with Gasteiger partial charge in [-0.2, -0.15) is 0 Å². The summed E-state index contributed by atoms with van der Waals surface area (Å²) in [6.45, 7) is 2.25. The molecular formula is C51H33N3S2. The van der Waals surface area contributed by atoms with Crippen molar-refractivity contribution in [1.82, 2.24) is 9.97 Å². The van der Waals surface area contributed by atoms with Crippen LogP contribution in [0.1, 0.15) is 29.2 Å². The molecule has 7 aromatic carbocycles. The molecule has 0 aliphatic heterocycles. The average Bonchev–Trinajstić information content (AvgIpc) is 4.03. The van der Waals surface area contributed by atoms with Gasteiger partial charge < -0.3 is 0 Å². The molecule has 3 aromatic heterocycles. The molecule has 0 amide bonds. The van der Waals surface area contributed by atoms with Crippen molar-refractivity contribution in [3.05, 3.63) is 186 Å². The highest BCUT2D eigenvalue weighted by Crippen LogP contribution is 2.54. The van der Waals surface area contributed by atoms with Crippen LogP contribution in [0.3, 0.4) is 0 Å². The predicted octanol–water partition coefficient (Wildman–Crippen LogP) is 14.6. The lowest BCUT2D eigenvalue weighted by atomic mass is 9.94. The third-order valence-electron chi connectivity index (χ3n) is 11.7. The molecule has 56 heavy (non-hydrogen) atoms. The number of allylic oxidation sites excluding steroid dienone is 3. The summed E-state index contributed by atoms with van der Waals surface area (Å²) >= 11 is 3.65. The van der Waals surface area contributed by atoms with Crippen LogP contribution in [0.5, 0.6) is 0 Å². The molecule has 3 heterocycles. The van der Waals surface area contributed by atoms with Crippen molar-refractivity contribution in [1.29, 1.82) is 0 Å². The number of thiophene rings is 2. The van der Waals surface area contributed by atoms with E-state index in [0.29, 0.717) is 5.95 Å². The number of rotatable bonds is 5. The maximum atomic E-state index is 5.65. The van der Waals surface area contributed by atoms with Crippen LogP contribution in [-0.4, -0.2) is 9.97 Å². The standard InChI is InChI=1S/C51H33N3S2/c1-30-13-11-21-35(33-26-27-43-41(29-33)45-34-17-6-5-14-31(34)25-28-44(45)55-43)48(30)54(49-38-19-8-7-18-36(38)37-22-12-23-39(37)49)51-52-46(32-15-3-2-4-16-32)50-47(53-51)40-20-9-10-24-42(40)56-50/h2-22,24-29,49H,23H2,1H3. The molecule has 10 aromatic rings. The molecule has 0 N–H and O–H groups in total. The smallest absolute Gasteiger partial charge is 0.232 e. The molecule has 5 heteroatoms. The molecule has 0 spiro atoms. The topological polar surface area (TPSA) is 29.0 Å². The largest absolute Gasteiger partial charge is 0.298 e. The molecule has 2 aliphatic carbocycles. The van der Waals surface area contributed by atoms with Crippen molar-refractivity contribution in [2.75, 3.05) is 4.90 Å². The summed E-state index contributed by atoms with van der Waals surface area (Å²) in [6.07, 6.45) is 5.52. The SMILES string of the molecule is Cc1cccc(-c2ccc3sc4ccc5ccccc5c4c3c2)c1N(c1nc(-c2ccccc2)c2sc3ccccc3c2n1)C1C2=C(C=CC2)c2ccccc21. The van der Waals surface area contributed by atoms with Gasteiger partial charge in [-0.25, -0.2) is 9.97 Å². The minimum atomic E-state index is -0.0864. The molecule has 1 unspecified atom stereocenters. The lowest BCUT2D eigenvalue weighted by molar-refractivity contribution is 0.776. The summed E-state index contributed by atoms with van der Waals surface area (Å²) in [4.78, 5) is 13.8. The maximum absolute atomic E-state index is 5.65. The van der Waals surface area contributed by atoms with Crippen LogP contribution in [0.4, 0.5) is 11.6 Å². The van der Waals surface area contributed by atoms with Crippen LogP contribution < -0.4 is 4.90 Å². The second-order valence-electron chi connectivity index (χ2n) is 14.9. The van der Waals surface area contributed by atoms with E-state index in [2.05, 4.69) is 176 Å². The first-order valence-electron chi connectivity index (χ1n) is 19.2. The van der Waals surface area contributed by atoms with Gasteiger partial charge in [-0.15, -0.1) is 22.7 Å². The number of benzene rings is 7. The molecule has 1 atom stereocenters. The van der Waals surface area contributed by atoms with Gasteiger partial charge in [0.05, 0.1) is 27.6 Å². The Bertz CT molecular complexity index is 3310. The van der Waals surface area contributed by atoms with Crippen molar-refractivity contribution >= 4 is 91.1 Å². The third-order valence-corrected chi connectivity index (χ3v) is 14.0. The number of hydrogen-bond donors (Lipinski definition) is 0. The summed E-state index contributed by atoms with van der Waals surface area (Å²) in [5.74, 6) is 0.712. The summed E-state index contributed by atoms with van der Waals surface area (Å²) in [7, 11) is 0. The van der Waals surface area contributed by atoms with Gasteiger partial charge in [-0.1, -0.05) is 140 Å². The molecule has 0 saturated heterocycles. The van der Waals surface area contributed by atoms with Gasteiger partial charge in [0, 0.05) is 41.4 Å². The van der Waals surface area contributed by atoms with Gasteiger partial charge in [0.1, 0.15) is 0 Å². The van der Waals surface area contributed by atoms with Gasteiger partial charge in [0.2, 0.25) is 5.95 Å². The van der Waals surface area contributed by atoms with Crippen LogP contribution in [0, 0.1) is 6.92 Å². The Labute approximate surface area is 332 Å². The van der Waals surface area contributed by atoms with Gasteiger partial charge in [-0.05, 0) is 81.8 Å². The van der Waals surface area contributed by atoms with E-state index in [0.717, 1.165) is 39.0 Å². The van der Waals surface area contributed by atoms with Crippen LogP contribution in [0.2, 0.25) is 0 Å². The number of para-hydroxylation sites is 1. The molecular weight excluding hydrogens is 719 g/mol. The number of anilines is 2. The highest BCUT2D eigenvalue weighted by molar-refractivity contribution is 7.26. The van der Waals surface area contributed by atoms with Crippen LogP contribution in [0.25, 0.3) is 79.2 Å². The first-order valence-corrected chi connectivity index (χ1v) is 20.8. The van der Waals surface area contributed by atoms with Crippen molar-refractivity contribution < 1.29 is 0 Å². The molecule has 264 valence electrons. The molecule has 0 fully saturated rings. The van der Waals surface area contributed by atoms with E-state index in [1.54, 1.807) is 11.3 Å². The van der Waals surface area contributed by atoms with Crippen LogP contribution >= 0.6 is 22.7 Å². The normalized spacial score (nSPS) is 14.8. The molecule has 2 aliphatic rings. The summed E-state index contributed by atoms with van der Waals surface area (Å²) in [5, 5.41) is 6.36. The maximum Gasteiger partial charge on any atom is 0.232 e. The number of hydrogen-bond acceptors (Lipinski definition) is 5. The Kier molecular flexibility index (Phi) is 7.01. The number of aromatic nitrogens is 2. The Morgan fingerprint density at radius 3 is 2.30 bits per heavy atom. The molecule has 12 rings (SSSR count). The fourth-order valence-corrected chi connectivity index (χ4v) is 11.5. The van der Waals surface area contributed by atoms with Gasteiger partial charge in [-0.3, -0.25) is 4.90 Å². The van der Waals surface area contributed by atoms with E-state index in [4.69, 9.17) is 9.97 Å². The zero-order chi connectivity index (χ0) is 36.9. The third kappa shape index (κ3) is 4.68. The first kappa shape index (κ1) is 31.9. The van der Waals surface area contributed by atoms with E-state index in [1.165, 1.54) is 74.6 Å². The van der Waals surface area contributed by atoms with Crippen molar-refractivity contribution in [2.24, 2.45) is 0 Å². The highest BCUT2D eigenvalue weighted by Gasteiger charge is 2.39. The van der Waals surface area contributed by atoms with Gasteiger partial charge in [0.15, 0.2) is 0 Å². The average molecular weight is 752 g/mol. The summed E-state index contributed by atoms with van der Waals surface area (Å²) in [6, 6.07) is 55.2. The minimum Gasteiger partial charge on any atom is -0.298 e. The van der Waals surface area contributed by atoms with Crippen molar-refractivity contribution in [3.8, 4) is 22.4 Å². The number of aryl methyl sites for hydroxylation is 1. The second kappa shape index (κ2) is 12.3. The predicted molar refractivity (Wildman–Crippen MR) is 239 cm³/mol. The molecule has 0 saturated carbocycles. The number of nitrogens with zero attached hydrogens (tertiary/aromatic N) is 3. The van der Waals surface area contributed by atoms with Gasteiger partial charge in [0.25, 0.3) is 0 Å². The van der Waals surface area contributed by atoms with Crippen molar-refractivity contribution in [3.63, 3.8) is 0 Å². The Morgan fingerprint density at radius 2 is 1.38 bits per heavy atom. The molecule has 0 bridgehead atoms. The quantitative estimate of drug-likeness (QED) is 0.175. The summed E-state index contributed by atoms with van der Waals surface area (Å²) in [5.41, 5.74) is 13.0. The van der Waals surface area contributed by atoms with Crippen LogP contribution in [-0.2, 0) is 0 Å². The second-order valence-corrected chi connectivity index (χ2v) is 17.0. The first-order chi connectivity index (χ1) is 27.7. The Balaban J connectivity index is 1.17. The zero-order valence-electron chi connectivity index (χ0n) is 30.5. The molecule has 3 nitrogen and oxygen atoms in total. The van der Waals surface area contributed by atoms with E-state index >= 15 is 0 Å². The monoisotopic (exact) mass is 751 g/mol. The Morgan fingerprint density at radius 1 is 0.607 bits per heavy atom. The summed E-state index contributed by atoms with van der Waals surface area (Å²) < 4.78 is 4.95.